The summed E-state index contributed by atoms with van der Waals surface area (Å²) in [7, 11) is 0. The SMILES string of the molecule is CC(NCCc1ncon1)c1ccc2c(c1)OCCCO2. The van der Waals surface area contributed by atoms with Crippen molar-refractivity contribution in [2.75, 3.05) is 19.8 Å². The Hall–Kier alpha value is -2.08. The fourth-order valence-corrected chi connectivity index (χ4v) is 2.27. The summed E-state index contributed by atoms with van der Waals surface area (Å²) < 4.78 is 16.1. The van der Waals surface area contributed by atoms with Crippen molar-refractivity contribution in [1.82, 2.24) is 15.5 Å². The molecule has 0 amide bonds. The van der Waals surface area contributed by atoms with Crippen LogP contribution in [0.3, 0.4) is 0 Å². The summed E-state index contributed by atoms with van der Waals surface area (Å²) in [5.74, 6) is 2.38. The van der Waals surface area contributed by atoms with Crippen LogP contribution < -0.4 is 14.8 Å². The summed E-state index contributed by atoms with van der Waals surface area (Å²) >= 11 is 0. The standard InChI is InChI=1S/C15H19N3O3/c1-11(16-6-5-15-17-10-21-18-15)12-3-4-13-14(9-12)20-8-2-7-19-13/h3-4,9-11,16H,2,5-8H2,1H3. The first-order valence-corrected chi connectivity index (χ1v) is 7.21. The molecule has 0 saturated carbocycles. The number of hydrogen-bond acceptors (Lipinski definition) is 6. The molecule has 0 radical (unpaired) electrons. The van der Waals surface area contributed by atoms with E-state index in [0.29, 0.717) is 19.0 Å². The normalized spacial score (nSPS) is 15.5. The average molecular weight is 289 g/mol. The average Bonchev–Trinajstić information content (AvgIpc) is 2.90. The van der Waals surface area contributed by atoms with Gasteiger partial charge in [-0.3, -0.25) is 0 Å². The van der Waals surface area contributed by atoms with Crippen LogP contribution in [-0.4, -0.2) is 29.9 Å². The topological polar surface area (TPSA) is 69.4 Å². The summed E-state index contributed by atoms with van der Waals surface area (Å²) in [6.45, 7) is 4.32. The molecule has 3 rings (SSSR count). The van der Waals surface area contributed by atoms with Crippen LogP contribution in [0.5, 0.6) is 11.5 Å². The van der Waals surface area contributed by atoms with Gasteiger partial charge in [0.1, 0.15) is 0 Å². The zero-order valence-corrected chi connectivity index (χ0v) is 12.0. The largest absolute Gasteiger partial charge is 0.490 e. The van der Waals surface area contributed by atoms with Crippen LogP contribution >= 0.6 is 0 Å². The zero-order valence-electron chi connectivity index (χ0n) is 12.0. The molecule has 6 nitrogen and oxygen atoms in total. The van der Waals surface area contributed by atoms with Gasteiger partial charge in [-0.15, -0.1) is 0 Å². The fourth-order valence-electron chi connectivity index (χ4n) is 2.27. The van der Waals surface area contributed by atoms with E-state index < -0.39 is 0 Å². The number of rotatable bonds is 5. The summed E-state index contributed by atoms with van der Waals surface area (Å²) in [4.78, 5) is 4.00. The Morgan fingerprint density at radius 2 is 2.10 bits per heavy atom. The molecule has 0 fully saturated rings. The maximum Gasteiger partial charge on any atom is 0.213 e. The molecule has 1 aliphatic rings. The number of ether oxygens (including phenoxy) is 2. The first kappa shape index (κ1) is 13.9. The van der Waals surface area contributed by atoms with Crippen LogP contribution in [0.1, 0.15) is 30.8 Å². The highest BCUT2D eigenvalue weighted by atomic mass is 16.5. The molecule has 21 heavy (non-hydrogen) atoms. The first-order chi connectivity index (χ1) is 10.3. The van der Waals surface area contributed by atoms with Gasteiger partial charge in [-0.25, -0.2) is 0 Å². The quantitative estimate of drug-likeness (QED) is 0.909. The van der Waals surface area contributed by atoms with Crippen LogP contribution in [-0.2, 0) is 6.42 Å². The predicted octanol–water partition coefficient (Wildman–Crippen LogP) is 2.12. The first-order valence-electron chi connectivity index (χ1n) is 7.21. The molecule has 2 heterocycles. The summed E-state index contributed by atoms with van der Waals surface area (Å²) in [5, 5.41) is 7.23. The monoisotopic (exact) mass is 289 g/mol. The Kier molecular flexibility index (Phi) is 4.35. The van der Waals surface area contributed by atoms with E-state index in [9.17, 15) is 0 Å². The molecule has 0 aliphatic carbocycles. The molecule has 112 valence electrons. The summed E-state index contributed by atoms with van der Waals surface area (Å²) in [6, 6.07) is 6.31. The highest BCUT2D eigenvalue weighted by Gasteiger charge is 2.13. The summed E-state index contributed by atoms with van der Waals surface area (Å²) in [6.07, 6.45) is 3.01. The van der Waals surface area contributed by atoms with Crippen LogP contribution in [0.15, 0.2) is 29.1 Å². The van der Waals surface area contributed by atoms with Crippen molar-refractivity contribution in [3.8, 4) is 11.5 Å². The molecule has 6 heteroatoms. The zero-order chi connectivity index (χ0) is 14.5. The lowest BCUT2D eigenvalue weighted by molar-refractivity contribution is 0.297. The third kappa shape index (κ3) is 3.52. The van der Waals surface area contributed by atoms with Crippen molar-refractivity contribution in [3.05, 3.63) is 36.0 Å². The number of nitrogens with one attached hydrogen (secondary N) is 1. The lowest BCUT2D eigenvalue weighted by Crippen LogP contribution is -2.21. The number of hydrogen-bond donors (Lipinski definition) is 1. The Bertz CT molecular complexity index is 572. The third-order valence-corrected chi connectivity index (χ3v) is 3.48. The Morgan fingerprint density at radius 3 is 2.90 bits per heavy atom. The van der Waals surface area contributed by atoms with E-state index in [0.717, 1.165) is 30.9 Å². The molecule has 1 aromatic heterocycles. The van der Waals surface area contributed by atoms with E-state index in [2.05, 4.69) is 28.4 Å². The minimum atomic E-state index is 0.217. The van der Waals surface area contributed by atoms with Gasteiger partial charge in [0, 0.05) is 25.4 Å². The van der Waals surface area contributed by atoms with Gasteiger partial charge in [0.2, 0.25) is 6.39 Å². The molecule has 1 unspecified atom stereocenters. The number of aromatic nitrogens is 2. The summed E-state index contributed by atoms with van der Waals surface area (Å²) in [5.41, 5.74) is 1.17. The molecule has 1 atom stereocenters. The molecule has 0 bridgehead atoms. The minimum Gasteiger partial charge on any atom is -0.490 e. The van der Waals surface area contributed by atoms with Gasteiger partial charge in [0.25, 0.3) is 0 Å². The van der Waals surface area contributed by atoms with E-state index in [1.165, 1.54) is 12.0 Å². The maximum atomic E-state index is 5.72. The van der Waals surface area contributed by atoms with Crippen molar-refractivity contribution in [2.24, 2.45) is 0 Å². The molecule has 2 aromatic rings. The Labute approximate surface area is 123 Å². The Balaban J connectivity index is 1.59. The Morgan fingerprint density at radius 1 is 1.24 bits per heavy atom. The predicted molar refractivity (Wildman–Crippen MR) is 76.5 cm³/mol. The minimum absolute atomic E-state index is 0.217. The smallest absolute Gasteiger partial charge is 0.213 e. The number of nitrogens with zero attached hydrogens (tertiary/aromatic N) is 2. The highest BCUT2D eigenvalue weighted by molar-refractivity contribution is 5.44. The van der Waals surface area contributed by atoms with Gasteiger partial charge >= 0.3 is 0 Å². The van der Waals surface area contributed by atoms with E-state index >= 15 is 0 Å². The molecule has 0 saturated heterocycles. The van der Waals surface area contributed by atoms with Crippen LogP contribution in [0, 0.1) is 0 Å². The lowest BCUT2D eigenvalue weighted by atomic mass is 10.1. The van der Waals surface area contributed by atoms with Crippen molar-refractivity contribution in [2.45, 2.75) is 25.8 Å². The maximum absolute atomic E-state index is 5.72. The van der Waals surface area contributed by atoms with Gasteiger partial charge in [-0.05, 0) is 24.6 Å². The van der Waals surface area contributed by atoms with E-state index in [-0.39, 0.29) is 6.04 Å². The lowest BCUT2D eigenvalue weighted by Gasteiger charge is -2.16. The second kappa shape index (κ2) is 6.58. The van der Waals surface area contributed by atoms with Crippen LogP contribution in [0.2, 0.25) is 0 Å². The molecule has 0 spiro atoms. The highest BCUT2D eigenvalue weighted by Crippen LogP contribution is 2.32. The van der Waals surface area contributed by atoms with Crippen LogP contribution in [0.25, 0.3) is 0 Å². The van der Waals surface area contributed by atoms with Crippen molar-refractivity contribution >= 4 is 0 Å². The van der Waals surface area contributed by atoms with E-state index in [1.54, 1.807) is 0 Å². The molecular formula is C15H19N3O3. The van der Waals surface area contributed by atoms with Crippen LogP contribution in [0.4, 0.5) is 0 Å². The second-order valence-electron chi connectivity index (χ2n) is 5.03. The molecule has 1 N–H and O–H groups in total. The van der Waals surface area contributed by atoms with Gasteiger partial charge in [-0.2, -0.15) is 4.98 Å². The van der Waals surface area contributed by atoms with Gasteiger partial charge in [0.15, 0.2) is 17.3 Å². The van der Waals surface area contributed by atoms with Crippen molar-refractivity contribution < 1.29 is 14.0 Å². The van der Waals surface area contributed by atoms with Crippen molar-refractivity contribution in [1.29, 1.82) is 0 Å². The number of benzene rings is 1. The van der Waals surface area contributed by atoms with Gasteiger partial charge < -0.3 is 19.3 Å². The second-order valence-corrected chi connectivity index (χ2v) is 5.03. The fraction of sp³-hybridized carbons (Fsp3) is 0.467. The molecular weight excluding hydrogens is 270 g/mol. The van der Waals surface area contributed by atoms with Gasteiger partial charge in [0.05, 0.1) is 13.2 Å². The molecule has 1 aromatic carbocycles. The number of fused-ring (bicyclic) bond motifs is 1. The van der Waals surface area contributed by atoms with Crippen molar-refractivity contribution in [3.63, 3.8) is 0 Å². The van der Waals surface area contributed by atoms with Gasteiger partial charge in [-0.1, -0.05) is 11.2 Å². The van der Waals surface area contributed by atoms with E-state index in [1.807, 2.05) is 12.1 Å². The van der Waals surface area contributed by atoms with E-state index in [4.69, 9.17) is 14.0 Å². The third-order valence-electron chi connectivity index (χ3n) is 3.48. The molecule has 1 aliphatic heterocycles.